The zero-order valence-electron chi connectivity index (χ0n) is 18.2. The lowest BCUT2D eigenvalue weighted by atomic mass is 9.94. The Morgan fingerprint density at radius 3 is 2.67 bits per heavy atom. The zero-order valence-corrected chi connectivity index (χ0v) is 19.0. The number of fused-ring (bicyclic) bond motifs is 1. The highest BCUT2D eigenvalue weighted by Crippen LogP contribution is 2.44. The van der Waals surface area contributed by atoms with Crippen molar-refractivity contribution in [1.29, 1.82) is 0 Å². The summed E-state index contributed by atoms with van der Waals surface area (Å²) in [6.45, 7) is 10.3. The molecule has 0 N–H and O–H groups in total. The van der Waals surface area contributed by atoms with E-state index in [2.05, 4.69) is 4.99 Å². The van der Waals surface area contributed by atoms with Gasteiger partial charge in [-0.25, -0.2) is 9.79 Å². The molecule has 1 fully saturated rings. The molecule has 2 heterocycles. The first-order chi connectivity index (χ1) is 14.3. The minimum absolute atomic E-state index is 0.0849. The number of amides is 1. The monoisotopic (exact) mass is 432 g/mol. The van der Waals surface area contributed by atoms with Crippen molar-refractivity contribution in [2.75, 3.05) is 20.3 Å². The van der Waals surface area contributed by atoms with Gasteiger partial charge in [0.2, 0.25) is 5.91 Å². The number of rotatable bonds is 7. The average molecular weight is 433 g/mol. The Morgan fingerprint density at radius 1 is 1.30 bits per heavy atom. The number of allylic oxidation sites excluding steroid dienone is 1. The minimum Gasteiger partial charge on any atom is -0.493 e. The Bertz CT molecular complexity index is 909. The molecule has 0 radical (unpaired) electrons. The number of hydrogen-bond acceptors (Lipinski definition) is 7. The van der Waals surface area contributed by atoms with Gasteiger partial charge in [-0.3, -0.25) is 9.69 Å². The van der Waals surface area contributed by atoms with Crippen molar-refractivity contribution in [1.82, 2.24) is 4.90 Å². The minimum atomic E-state index is -0.633. The van der Waals surface area contributed by atoms with Crippen LogP contribution in [-0.4, -0.2) is 47.5 Å². The highest BCUT2D eigenvalue weighted by atomic mass is 32.2. The number of carbonyl (C=O) groups excluding carboxylic acids is 2. The summed E-state index contributed by atoms with van der Waals surface area (Å²) < 4.78 is 16.6. The summed E-state index contributed by atoms with van der Waals surface area (Å²) in [6, 6.07) is 4.83. The Kier molecular flexibility index (Phi) is 6.75. The highest BCUT2D eigenvalue weighted by molar-refractivity contribution is 8.15. The number of aliphatic imine (C=N–C) groups is 1. The third-order valence-electron chi connectivity index (χ3n) is 4.83. The van der Waals surface area contributed by atoms with Crippen LogP contribution >= 0.6 is 11.8 Å². The fraction of sp³-hybridized carbons (Fsp3) is 0.500. The second kappa shape index (κ2) is 9.12. The van der Waals surface area contributed by atoms with Crippen LogP contribution in [0.5, 0.6) is 11.5 Å². The van der Waals surface area contributed by atoms with E-state index in [0.717, 1.165) is 5.56 Å². The molecule has 0 aliphatic carbocycles. The van der Waals surface area contributed by atoms with Gasteiger partial charge in [-0.15, -0.1) is 0 Å². The summed E-state index contributed by atoms with van der Waals surface area (Å²) in [5.74, 6) is 0.801. The molecule has 0 spiro atoms. The molecule has 1 saturated heterocycles. The quantitative estimate of drug-likeness (QED) is 0.608. The van der Waals surface area contributed by atoms with Crippen LogP contribution < -0.4 is 9.47 Å². The maximum absolute atomic E-state index is 13.0. The van der Waals surface area contributed by atoms with Crippen LogP contribution in [-0.2, 0) is 14.3 Å². The van der Waals surface area contributed by atoms with Crippen LogP contribution in [0, 0.1) is 5.92 Å². The van der Waals surface area contributed by atoms with Gasteiger partial charge in [-0.1, -0.05) is 31.7 Å². The highest BCUT2D eigenvalue weighted by Gasteiger charge is 2.46. The van der Waals surface area contributed by atoms with Gasteiger partial charge in [0.25, 0.3) is 0 Å². The first-order valence-electron chi connectivity index (χ1n) is 10.1. The van der Waals surface area contributed by atoms with Gasteiger partial charge in [0.15, 0.2) is 16.7 Å². The van der Waals surface area contributed by atoms with Crippen molar-refractivity contribution in [2.24, 2.45) is 10.9 Å². The lowest BCUT2D eigenvalue weighted by Crippen LogP contribution is -2.40. The van der Waals surface area contributed by atoms with Gasteiger partial charge in [-0.2, -0.15) is 0 Å². The molecule has 0 unspecified atom stereocenters. The van der Waals surface area contributed by atoms with Crippen molar-refractivity contribution < 1.29 is 23.8 Å². The number of benzene rings is 1. The molecule has 2 aliphatic heterocycles. The zero-order chi connectivity index (χ0) is 22.0. The first kappa shape index (κ1) is 22.2. The van der Waals surface area contributed by atoms with Gasteiger partial charge in [-0.05, 0) is 44.4 Å². The van der Waals surface area contributed by atoms with E-state index in [-0.39, 0.29) is 17.1 Å². The van der Waals surface area contributed by atoms with Crippen molar-refractivity contribution in [3.63, 3.8) is 0 Å². The van der Waals surface area contributed by atoms with Gasteiger partial charge in [0.05, 0.1) is 42.9 Å². The maximum Gasteiger partial charge on any atom is 0.338 e. The number of amidine groups is 1. The van der Waals surface area contributed by atoms with E-state index in [1.54, 1.807) is 25.0 Å². The van der Waals surface area contributed by atoms with Crippen LogP contribution in [0.3, 0.4) is 0 Å². The number of carbonyl (C=O) groups is 2. The second-order valence-electron chi connectivity index (χ2n) is 7.60. The number of thioether (sulfide) groups is 1. The van der Waals surface area contributed by atoms with Crippen LogP contribution in [0.15, 0.2) is 34.5 Å². The van der Waals surface area contributed by atoms with Gasteiger partial charge in [0.1, 0.15) is 0 Å². The van der Waals surface area contributed by atoms with E-state index in [1.807, 2.05) is 39.8 Å². The Labute approximate surface area is 181 Å². The van der Waals surface area contributed by atoms with Crippen LogP contribution in [0.4, 0.5) is 0 Å². The van der Waals surface area contributed by atoms with E-state index >= 15 is 0 Å². The first-order valence-corrected chi connectivity index (χ1v) is 10.9. The van der Waals surface area contributed by atoms with Crippen LogP contribution in [0.25, 0.3) is 0 Å². The average Bonchev–Trinajstić information content (AvgIpc) is 2.99. The molecule has 30 heavy (non-hydrogen) atoms. The van der Waals surface area contributed by atoms with E-state index in [9.17, 15) is 9.59 Å². The predicted molar refractivity (Wildman–Crippen MR) is 117 cm³/mol. The van der Waals surface area contributed by atoms with E-state index in [0.29, 0.717) is 41.2 Å². The number of nitrogens with zero attached hydrogens (tertiary/aromatic N) is 2. The lowest BCUT2D eigenvalue weighted by molar-refractivity contribution is -0.141. The number of esters is 1. The molecule has 1 aromatic carbocycles. The third kappa shape index (κ3) is 4.19. The fourth-order valence-electron chi connectivity index (χ4n) is 3.43. The standard InChI is InChI=1S/C22H28N2O5S/c1-7-28-16-9-8-15(10-17(16)27-6)19-18(21(26)29-11-12(2)3)13(4)23-22-24(19)20(25)14(5)30-22/h8-10,12,14,19H,7,11H2,1-6H3/t14-,19-/m0/s1. The normalized spacial score (nSPS) is 21.0. The van der Waals surface area contributed by atoms with Crippen LogP contribution in [0.1, 0.15) is 46.2 Å². The molecule has 7 nitrogen and oxygen atoms in total. The number of ether oxygens (including phenoxy) is 3. The van der Waals surface area contributed by atoms with Crippen molar-refractivity contribution in [2.45, 2.75) is 45.9 Å². The molecule has 162 valence electrons. The Morgan fingerprint density at radius 2 is 2.03 bits per heavy atom. The van der Waals surface area contributed by atoms with Gasteiger partial charge in [0, 0.05) is 0 Å². The van der Waals surface area contributed by atoms with Crippen molar-refractivity contribution in [3.05, 3.63) is 35.0 Å². The number of methoxy groups -OCH3 is 1. The van der Waals surface area contributed by atoms with Crippen molar-refractivity contribution in [3.8, 4) is 11.5 Å². The van der Waals surface area contributed by atoms with E-state index in [1.165, 1.54) is 11.8 Å². The van der Waals surface area contributed by atoms with E-state index in [4.69, 9.17) is 14.2 Å². The summed E-state index contributed by atoms with van der Waals surface area (Å²) in [4.78, 5) is 32.2. The third-order valence-corrected chi connectivity index (χ3v) is 5.88. The summed E-state index contributed by atoms with van der Waals surface area (Å²) in [5.41, 5.74) is 1.66. The second-order valence-corrected chi connectivity index (χ2v) is 8.91. The summed E-state index contributed by atoms with van der Waals surface area (Å²) in [5, 5.41) is 0.331. The molecular formula is C22H28N2O5S. The Balaban J connectivity index is 2.10. The van der Waals surface area contributed by atoms with Crippen LogP contribution in [0.2, 0.25) is 0 Å². The van der Waals surface area contributed by atoms with Crippen molar-refractivity contribution >= 4 is 28.8 Å². The maximum atomic E-state index is 13.0. The lowest BCUT2D eigenvalue weighted by Gasteiger charge is -2.33. The molecule has 0 saturated carbocycles. The predicted octanol–water partition coefficient (Wildman–Crippen LogP) is 3.94. The molecule has 1 amide bonds. The molecule has 8 heteroatoms. The number of hydrogen-bond donors (Lipinski definition) is 0. The molecule has 0 aromatic heterocycles. The van der Waals surface area contributed by atoms with E-state index < -0.39 is 12.0 Å². The summed E-state index contributed by atoms with van der Waals surface area (Å²) in [7, 11) is 1.56. The molecule has 3 rings (SSSR count). The fourth-order valence-corrected chi connectivity index (χ4v) is 4.46. The topological polar surface area (TPSA) is 77.4 Å². The molecule has 1 aromatic rings. The SMILES string of the molecule is CCOc1ccc([C@H]2C(C(=O)OCC(C)C)=C(C)N=C3S[C@@H](C)C(=O)N32)cc1OC. The largest absolute Gasteiger partial charge is 0.493 e. The van der Waals surface area contributed by atoms with Gasteiger partial charge >= 0.3 is 5.97 Å². The van der Waals surface area contributed by atoms with Gasteiger partial charge < -0.3 is 14.2 Å². The summed E-state index contributed by atoms with van der Waals surface area (Å²) >= 11 is 1.40. The Hall–Kier alpha value is -2.48. The molecule has 2 aliphatic rings. The molecule has 0 bridgehead atoms. The molecular weight excluding hydrogens is 404 g/mol. The smallest absolute Gasteiger partial charge is 0.338 e. The molecule has 2 atom stereocenters. The summed E-state index contributed by atoms with van der Waals surface area (Å²) in [6.07, 6.45) is 0.